The summed E-state index contributed by atoms with van der Waals surface area (Å²) in [5, 5.41) is 3.36. The number of carbonyl (C=O) groups excluding carboxylic acids is 1. The normalized spacial score (nSPS) is 11.6. The number of nitrogens with zero attached hydrogens (tertiary/aromatic N) is 1. The first-order valence-electron chi connectivity index (χ1n) is 8.73. The van der Waals surface area contributed by atoms with Crippen molar-refractivity contribution in [1.82, 2.24) is 9.88 Å². The van der Waals surface area contributed by atoms with Crippen LogP contribution in [0.4, 0.5) is 0 Å². The maximum absolute atomic E-state index is 13.1. The molecular weight excluding hydrogens is 376 g/mol. The van der Waals surface area contributed by atoms with Crippen molar-refractivity contribution in [1.29, 1.82) is 0 Å². The number of aromatic nitrogens is 1. The fraction of sp³-hybridized carbons (Fsp3) is 0.0952. The van der Waals surface area contributed by atoms with Crippen LogP contribution >= 0.6 is 0 Å². The van der Waals surface area contributed by atoms with E-state index in [0.717, 1.165) is 0 Å². The number of amides is 1. The van der Waals surface area contributed by atoms with Gasteiger partial charge in [0.05, 0.1) is 22.6 Å². The fourth-order valence-electron chi connectivity index (χ4n) is 3.09. The molecule has 0 atom stereocenters. The molecule has 0 saturated heterocycles. The van der Waals surface area contributed by atoms with E-state index in [1.54, 1.807) is 71.5 Å². The minimum atomic E-state index is -3.70. The molecule has 7 heteroatoms. The number of furan rings is 1. The highest BCUT2D eigenvalue weighted by molar-refractivity contribution is 7.91. The summed E-state index contributed by atoms with van der Waals surface area (Å²) < 4.78 is 33.1. The fourth-order valence-corrected chi connectivity index (χ4v) is 4.59. The van der Waals surface area contributed by atoms with Crippen molar-refractivity contribution >= 4 is 26.6 Å². The number of rotatable bonds is 6. The minimum absolute atomic E-state index is 0.00549. The van der Waals surface area contributed by atoms with Gasteiger partial charge in [-0.3, -0.25) is 4.79 Å². The first kappa shape index (κ1) is 18.1. The Morgan fingerprint density at radius 1 is 0.964 bits per heavy atom. The quantitative estimate of drug-likeness (QED) is 0.544. The van der Waals surface area contributed by atoms with Gasteiger partial charge in [-0.05, 0) is 30.3 Å². The highest BCUT2D eigenvalue weighted by Gasteiger charge is 2.23. The average Bonchev–Trinajstić information content (AvgIpc) is 3.36. The van der Waals surface area contributed by atoms with E-state index in [1.165, 1.54) is 6.20 Å². The van der Waals surface area contributed by atoms with Gasteiger partial charge in [-0.1, -0.05) is 36.4 Å². The van der Waals surface area contributed by atoms with E-state index in [9.17, 15) is 13.2 Å². The third kappa shape index (κ3) is 3.44. The Morgan fingerprint density at radius 3 is 2.46 bits per heavy atom. The van der Waals surface area contributed by atoms with E-state index in [4.69, 9.17) is 4.42 Å². The zero-order valence-corrected chi connectivity index (χ0v) is 15.7. The molecule has 0 aliphatic heterocycles. The molecule has 0 spiro atoms. The van der Waals surface area contributed by atoms with Crippen LogP contribution in [0.2, 0.25) is 0 Å². The molecule has 0 radical (unpaired) electrons. The van der Waals surface area contributed by atoms with Crippen LogP contribution < -0.4 is 5.32 Å². The van der Waals surface area contributed by atoms with Gasteiger partial charge in [0.15, 0.2) is 0 Å². The first-order chi connectivity index (χ1) is 13.6. The zero-order chi connectivity index (χ0) is 19.6. The number of carbonyl (C=O) groups is 1. The Morgan fingerprint density at radius 2 is 1.71 bits per heavy atom. The third-order valence-electron chi connectivity index (χ3n) is 4.45. The van der Waals surface area contributed by atoms with Crippen LogP contribution in [0.5, 0.6) is 0 Å². The van der Waals surface area contributed by atoms with E-state index in [1.807, 2.05) is 6.07 Å². The molecule has 4 rings (SSSR count). The Hall–Kier alpha value is -3.32. The zero-order valence-electron chi connectivity index (χ0n) is 14.9. The first-order valence-corrected chi connectivity index (χ1v) is 10.2. The van der Waals surface area contributed by atoms with Crippen molar-refractivity contribution in [3.8, 4) is 0 Å². The Labute approximate surface area is 162 Å². The van der Waals surface area contributed by atoms with Gasteiger partial charge in [0.2, 0.25) is 15.7 Å². The summed E-state index contributed by atoms with van der Waals surface area (Å²) in [5.41, 5.74) is 0.685. The minimum Gasteiger partial charge on any atom is -0.467 e. The second kappa shape index (κ2) is 7.36. The van der Waals surface area contributed by atoms with Crippen LogP contribution in [0, 0.1) is 0 Å². The van der Waals surface area contributed by atoms with Crippen LogP contribution in [0.25, 0.3) is 10.9 Å². The predicted octanol–water partition coefficient (Wildman–Crippen LogP) is 3.38. The van der Waals surface area contributed by atoms with Crippen LogP contribution in [0.15, 0.2) is 93.4 Å². The summed E-state index contributed by atoms with van der Waals surface area (Å²) in [7, 11) is -3.70. The molecule has 0 aliphatic rings. The summed E-state index contributed by atoms with van der Waals surface area (Å²) in [6.45, 7) is 0.283. The van der Waals surface area contributed by atoms with E-state index in [-0.39, 0.29) is 28.8 Å². The van der Waals surface area contributed by atoms with E-state index < -0.39 is 9.84 Å². The topological polar surface area (TPSA) is 81.3 Å². The lowest BCUT2D eigenvalue weighted by atomic mass is 10.2. The van der Waals surface area contributed by atoms with Gasteiger partial charge in [0, 0.05) is 17.1 Å². The summed E-state index contributed by atoms with van der Waals surface area (Å²) in [6.07, 6.45) is 3.07. The number of para-hydroxylation sites is 1. The number of hydrogen-bond donors (Lipinski definition) is 1. The van der Waals surface area contributed by atoms with Crippen molar-refractivity contribution in [2.75, 3.05) is 0 Å². The van der Waals surface area contributed by atoms with Crippen molar-refractivity contribution in [3.63, 3.8) is 0 Å². The molecule has 6 nitrogen and oxygen atoms in total. The van der Waals surface area contributed by atoms with Gasteiger partial charge in [-0.25, -0.2) is 8.42 Å². The smallest absolute Gasteiger partial charge is 0.240 e. The molecule has 2 aromatic carbocycles. The molecule has 2 heterocycles. The Balaban J connectivity index is 1.66. The number of sulfone groups is 1. The molecule has 0 saturated carbocycles. The molecule has 1 N–H and O–H groups in total. The SMILES string of the molecule is O=C(Cn1cc(S(=O)(=O)c2ccccc2)c2ccccc21)NCc1ccco1. The van der Waals surface area contributed by atoms with Gasteiger partial charge < -0.3 is 14.3 Å². The van der Waals surface area contributed by atoms with E-state index >= 15 is 0 Å². The number of hydrogen-bond acceptors (Lipinski definition) is 4. The van der Waals surface area contributed by atoms with Crippen molar-refractivity contribution in [3.05, 3.63) is 85.0 Å². The van der Waals surface area contributed by atoms with Gasteiger partial charge in [0.25, 0.3) is 0 Å². The van der Waals surface area contributed by atoms with Crippen LogP contribution in [-0.4, -0.2) is 18.9 Å². The highest BCUT2D eigenvalue weighted by Crippen LogP contribution is 2.30. The molecule has 0 unspecified atom stereocenters. The van der Waals surface area contributed by atoms with Gasteiger partial charge in [-0.15, -0.1) is 0 Å². The average molecular weight is 394 g/mol. The standard InChI is InChI=1S/C21H18N2O4S/c24-21(22-13-16-7-6-12-27-16)15-23-14-20(18-10-4-5-11-19(18)23)28(25,26)17-8-2-1-3-9-17/h1-12,14H,13,15H2,(H,22,24). The number of benzene rings is 2. The molecular formula is C21H18N2O4S. The van der Waals surface area contributed by atoms with Crippen LogP contribution in [0.3, 0.4) is 0 Å². The largest absolute Gasteiger partial charge is 0.467 e. The molecule has 4 aromatic rings. The van der Waals surface area contributed by atoms with Gasteiger partial charge >= 0.3 is 0 Å². The second-order valence-electron chi connectivity index (χ2n) is 6.31. The highest BCUT2D eigenvalue weighted by atomic mass is 32.2. The lowest BCUT2D eigenvalue weighted by molar-refractivity contribution is -0.121. The van der Waals surface area contributed by atoms with Crippen molar-refractivity contribution in [2.45, 2.75) is 22.9 Å². The monoisotopic (exact) mass is 394 g/mol. The molecule has 0 fully saturated rings. The molecule has 1 amide bonds. The summed E-state index contributed by atoms with van der Waals surface area (Å²) >= 11 is 0. The Kier molecular flexibility index (Phi) is 4.75. The molecule has 28 heavy (non-hydrogen) atoms. The van der Waals surface area contributed by atoms with Crippen molar-refractivity contribution in [2.24, 2.45) is 0 Å². The maximum atomic E-state index is 13.1. The number of fused-ring (bicyclic) bond motifs is 1. The Bertz CT molecular complexity index is 1210. The summed E-state index contributed by atoms with van der Waals surface area (Å²) in [4.78, 5) is 12.8. The van der Waals surface area contributed by atoms with Crippen LogP contribution in [0.1, 0.15) is 5.76 Å². The molecule has 0 aliphatic carbocycles. The van der Waals surface area contributed by atoms with E-state index in [2.05, 4.69) is 5.32 Å². The number of nitrogens with one attached hydrogen (secondary N) is 1. The van der Waals surface area contributed by atoms with E-state index in [0.29, 0.717) is 16.7 Å². The van der Waals surface area contributed by atoms with Crippen LogP contribution in [-0.2, 0) is 27.7 Å². The lowest BCUT2D eigenvalue weighted by Crippen LogP contribution is -2.26. The molecule has 2 aromatic heterocycles. The maximum Gasteiger partial charge on any atom is 0.240 e. The van der Waals surface area contributed by atoms with Gasteiger partial charge in [0.1, 0.15) is 12.3 Å². The third-order valence-corrected chi connectivity index (χ3v) is 6.25. The second-order valence-corrected chi connectivity index (χ2v) is 8.23. The lowest BCUT2D eigenvalue weighted by Gasteiger charge is -2.06. The predicted molar refractivity (Wildman–Crippen MR) is 104 cm³/mol. The summed E-state index contributed by atoms with van der Waals surface area (Å²) in [6, 6.07) is 19.0. The molecule has 0 bridgehead atoms. The van der Waals surface area contributed by atoms with Gasteiger partial charge in [-0.2, -0.15) is 0 Å². The molecule has 142 valence electrons. The summed E-state index contributed by atoms with van der Waals surface area (Å²) in [5.74, 6) is 0.416. The van der Waals surface area contributed by atoms with Crippen molar-refractivity contribution < 1.29 is 17.6 Å².